The summed E-state index contributed by atoms with van der Waals surface area (Å²) < 4.78 is 17.6. The molecule has 6 nitrogen and oxygen atoms in total. The van der Waals surface area contributed by atoms with Gasteiger partial charge in [-0.15, -0.1) is 0 Å². The predicted molar refractivity (Wildman–Crippen MR) is 55.9 cm³/mol. The highest BCUT2D eigenvalue weighted by Crippen LogP contribution is 1.79. The first-order valence-electron chi connectivity index (χ1n) is 3.86. The lowest BCUT2D eigenvalue weighted by molar-refractivity contribution is 0.539. The average molecular weight is 227 g/mol. The molecule has 0 fully saturated rings. The zero-order chi connectivity index (χ0) is 11.4. The Balaban J connectivity index is 0.000000202. The van der Waals surface area contributed by atoms with Crippen molar-refractivity contribution < 1.29 is 8.76 Å². The molecular weight excluding hydrogens is 216 g/mol. The number of nitrogens with zero attached hydrogens (tertiary/aromatic N) is 2. The maximum absolute atomic E-state index is 8.78. The van der Waals surface area contributed by atoms with E-state index in [1.807, 2.05) is 36.4 Å². The molecule has 0 amide bonds. The number of aromatic amines is 1. The van der Waals surface area contributed by atoms with E-state index in [1.54, 1.807) is 0 Å². The molecule has 0 saturated carbocycles. The molecule has 7 heteroatoms. The van der Waals surface area contributed by atoms with Gasteiger partial charge < -0.3 is 4.55 Å². The molecule has 1 aromatic heterocycles. The second-order valence-corrected chi connectivity index (χ2v) is 2.59. The summed E-state index contributed by atoms with van der Waals surface area (Å²) in [5.41, 5.74) is 0. The molecule has 0 aliphatic rings. The molecule has 15 heavy (non-hydrogen) atoms. The number of benzene rings is 1. The minimum atomic E-state index is -2.36. The summed E-state index contributed by atoms with van der Waals surface area (Å²) in [6.07, 6.45) is 2.96. The summed E-state index contributed by atoms with van der Waals surface area (Å²) in [6.45, 7) is 0. The lowest BCUT2D eigenvalue weighted by atomic mass is 10.4. The van der Waals surface area contributed by atoms with Gasteiger partial charge in [0, 0.05) is 11.3 Å². The Morgan fingerprint density at radius 3 is 1.67 bits per heavy atom. The Morgan fingerprint density at radius 1 is 1.13 bits per heavy atom. The van der Waals surface area contributed by atoms with E-state index in [9.17, 15) is 0 Å². The fourth-order valence-corrected chi connectivity index (χ4v) is 0.552. The van der Waals surface area contributed by atoms with Crippen molar-refractivity contribution in [3.63, 3.8) is 0 Å². The monoisotopic (exact) mass is 227 g/mol. The summed E-state index contributed by atoms with van der Waals surface area (Å²) >= 11 is -2.36. The molecule has 2 rings (SSSR count). The third-order valence-corrected chi connectivity index (χ3v) is 0.998. The van der Waals surface area contributed by atoms with Crippen molar-refractivity contribution in [2.75, 3.05) is 0 Å². The van der Waals surface area contributed by atoms with Crippen LogP contribution in [0.1, 0.15) is 0 Å². The highest BCUT2D eigenvalue weighted by atomic mass is 32.2. The number of hydrogen-bond acceptors (Lipinski definition) is 4. The van der Waals surface area contributed by atoms with Crippen LogP contribution >= 0.6 is 0 Å². The molecule has 0 saturated heterocycles. The third-order valence-electron chi connectivity index (χ3n) is 0.998. The van der Waals surface area contributed by atoms with Crippen molar-refractivity contribution in [1.29, 1.82) is 0 Å². The fraction of sp³-hybridized carbons (Fsp3) is 0. The molecule has 0 bridgehead atoms. The van der Waals surface area contributed by atoms with Gasteiger partial charge in [0.15, 0.2) is 0 Å². The van der Waals surface area contributed by atoms with Gasteiger partial charge >= 0.3 is 0 Å². The van der Waals surface area contributed by atoms with E-state index in [2.05, 4.69) is 20.3 Å². The lowest BCUT2D eigenvalue weighted by Gasteiger charge is -1.85. The molecule has 0 aliphatic carbocycles. The zero-order valence-corrected chi connectivity index (χ0v) is 8.63. The van der Waals surface area contributed by atoms with Crippen LogP contribution in [0.3, 0.4) is 0 Å². The van der Waals surface area contributed by atoms with Gasteiger partial charge in [-0.05, 0) is 0 Å². The number of aromatic nitrogens is 3. The zero-order valence-electron chi connectivity index (χ0n) is 7.82. The minimum absolute atomic E-state index is 1.44. The molecule has 1 unspecified atom stereocenters. The Morgan fingerprint density at radius 2 is 1.53 bits per heavy atom. The van der Waals surface area contributed by atoms with Crippen LogP contribution in [-0.2, 0) is 11.3 Å². The van der Waals surface area contributed by atoms with Crippen LogP contribution in [0.5, 0.6) is 0 Å². The van der Waals surface area contributed by atoms with Crippen molar-refractivity contribution in [1.82, 2.24) is 15.2 Å². The number of nitrogens with one attached hydrogen (secondary N) is 1. The normalized spacial score (nSPS) is 10.0. The van der Waals surface area contributed by atoms with Crippen LogP contribution < -0.4 is 5.14 Å². The topological polar surface area (TPSA) is 108 Å². The quantitative estimate of drug-likeness (QED) is 0.628. The second kappa shape index (κ2) is 10.5. The smallest absolute Gasteiger partial charge is 0.137 e. The van der Waals surface area contributed by atoms with Crippen LogP contribution in [-0.4, -0.2) is 23.9 Å². The average Bonchev–Trinajstić information content (AvgIpc) is 2.77. The van der Waals surface area contributed by atoms with Crippen molar-refractivity contribution in [3.05, 3.63) is 49.1 Å². The van der Waals surface area contributed by atoms with Gasteiger partial charge in [-0.25, -0.2) is 4.98 Å². The van der Waals surface area contributed by atoms with Crippen LogP contribution in [0.25, 0.3) is 0 Å². The lowest BCUT2D eigenvalue weighted by Crippen LogP contribution is -1.97. The van der Waals surface area contributed by atoms with E-state index in [1.165, 1.54) is 12.7 Å². The van der Waals surface area contributed by atoms with E-state index in [0.717, 1.165) is 0 Å². The summed E-state index contributed by atoms with van der Waals surface area (Å²) in [6, 6.07) is 12.0. The van der Waals surface area contributed by atoms with E-state index in [0.29, 0.717) is 0 Å². The molecular formula is C8H11N4O2S-. The van der Waals surface area contributed by atoms with E-state index < -0.39 is 11.3 Å². The first-order chi connectivity index (χ1) is 7.23. The van der Waals surface area contributed by atoms with Crippen molar-refractivity contribution >= 4 is 11.3 Å². The molecule has 0 aliphatic heterocycles. The van der Waals surface area contributed by atoms with E-state index in [4.69, 9.17) is 8.76 Å². The summed E-state index contributed by atoms with van der Waals surface area (Å²) in [4.78, 5) is 3.56. The van der Waals surface area contributed by atoms with Gasteiger partial charge in [-0.1, -0.05) is 36.4 Å². The fourth-order valence-electron chi connectivity index (χ4n) is 0.552. The Bertz CT molecular complexity index is 280. The largest absolute Gasteiger partial charge is 0.760 e. The van der Waals surface area contributed by atoms with Crippen molar-refractivity contribution in [3.8, 4) is 0 Å². The first kappa shape index (κ1) is 13.4. The maximum atomic E-state index is 8.78. The van der Waals surface area contributed by atoms with Crippen LogP contribution in [0, 0.1) is 0 Å². The standard InChI is InChI=1S/C6H6.C2H3N3.H3NO2S/c1-2-4-6-5-3-1;1-3-2-5-4-1;1-4(2)3/h1-6H;1-2H,(H,3,4,5);1H2,(H,2,3)/p-1. The summed E-state index contributed by atoms with van der Waals surface area (Å²) in [5.74, 6) is 0. The van der Waals surface area contributed by atoms with Gasteiger partial charge in [0.05, 0.1) is 0 Å². The Labute approximate surface area is 90.0 Å². The molecule has 82 valence electrons. The second-order valence-electron chi connectivity index (χ2n) is 2.07. The highest BCUT2D eigenvalue weighted by Gasteiger charge is 1.58. The van der Waals surface area contributed by atoms with Gasteiger partial charge in [0.25, 0.3) is 0 Å². The van der Waals surface area contributed by atoms with Crippen LogP contribution in [0.4, 0.5) is 0 Å². The molecule has 0 spiro atoms. The SMILES string of the molecule is NS(=O)[O-].c1ccccc1.c1nc[nH]n1. The molecule has 0 radical (unpaired) electrons. The first-order valence-corrected chi connectivity index (χ1v) is 4.99. The molecule has 1 heterocycles. The van der Waals surface area contributed by atoms with Gasteiger partial charge in [0.2, 0.25) is 0 Å². The van der Waals surface area contributed by atoms with Gasteiger partial charge in [0.1, 0.15) is 12.7 Å². The predicted octanol–water partition coefficient (Wildman–Crippen LogP) is 0.230. The summed E-state index contributed by atoms with van der Waals surface area (Å²) in [7, 11) is 0. The van der Waals surface area contributed by atoms with Gasteiger partial charge in [-0.3, -0.25) is 14.4 Å². The molecule has 1 atom stereocenters. The number of nitrogens with two attached hydrogens (primary N) is 1. The van der Waals surface area contributed by atoms with Crippen molar-refractivity contribution in [2.45, 2.75) is 0 Å². The van der Waals surface area contributed by atoms with E-state index in [-0.39, 0.29) is 0 Å². The van der Waals surface area contributed by atoms with E-state index >= 15 is 0 Å². The minimum Gasteiger partial charge on any atom is -0.760 e. The van der Waals surface area contributed by atoms with Crippen LogP contribution in [0.2, 0.25) is 0 Å². The number of rotatable bonds is 0. The van der Waals surface area contributed by atoms with Crippen molar-refractivity contribution in [2.24, 2.45) is 5.14 Å². The third kappa shape index (κ3) is 15.2. The molecule has 3 N–H and O–H groups in total. The molecule has 1 aromatic carbocycles. The summed E-state index contributed by atoms with van der Waals surface area (Å²) in [5, 5.41) is 10.0. The number of hydrogen-bond donors (Lipinski definition) is 2. The highest BCUT2D eigenvalue weighted by molar-refractivity contribution is 7.76. The Hall–Kier alpha value is -1.57. The molecule has 2 aromatic rings. The van der Waals surface area contributed by atoms with Gasteiger partial charge in [-0.2, -0.15) is 5.10 Å². The van der Waals surface area contributed by atoms with Crippen LogP contribution in [0.15, 0.2) is 49.1 Å². The Kier molecular flexibility index (Phi) is 9.41. The number of H-pyrrole nitrogens is 1. The maximum Gasteiger partial charge on any atom is 0.137 e.